The van der Waals surface area contributed by atoms with Crippen molar-refractivity contribution in [2.45, 2.75) is 24.8 Å². The average molecular weight is 515 g/mol. The molecule has 7 nitrogen and oxygen atoms in total. The lowest BCUT2D eigenvalue weighted by Gasteiger charge is -2.45. The molecule has 186 valence electrons. The van der Waals surface area contributed by atoms with E-state index in [0.29, 0.717) is 10.7 Å². The predicted molar refractivity (Wildman–Crippen MR) is 136 cm³/mol. The molecule has 1 aliphatic heterocycles. The summed E-state index contributed by atoms with van der Waals surface area (Å²) in [5.41, 5.74) is 4.70. The number of rotatable bonds is 5. The van der Waals surface area contributed by atoms with Crippen molar-refractivity contribution in [3.05, 3.63) is 100 Å². The number of amides is 3. The van der Waals surface area contributed by atoms with E-state index in [1.807, 2.05) is 48.5 Å². The molecule has 3 aliphatic carbocycles. The third-order valence-corrected chi connectivity index (χ3v) is 7.90. The van der Waals surface area contributed by atoms with Gasteiger partial charge in [0.1, 0.15) is 6.04 Å². The van der Waals surface area contributed by atoms with Crippen LogP contribution in [0.5, 0.6) is 0 Å². The summed E-state index contributed by atoms with van der Waals surface area (Å²) in [4.78, 5) is 53.6. The molecule has 0 saturated carbocycles. The van der Waals surface area contributed by atoms with E-state index in [1.54, 1.807) is 24.3 Å². The summed E-state index contributed by atoms with van der Waals surface area (Å²) < 4.78 is 5.19. The number of carbonyl (C=O) groups excluding carboxylic acids is 4. The molecule has 8 heteroatoms. The molecule has 3 aromatic rings. The zero-order chi connectivity index (χ0) is 25.8. The third kappa shape index (κ3) is 3.64. The van der Waals surface area contributed by atoms with Crippen LogP contribution in [0.3, 0.4) is 0 Å². The summed E-state index contributed by atoms with van der Waals surface area (Å²) in [7, 11) is 0. The molecule has 0 unspecified atom stereocenters. The molecule has 7 rings (SSSR count). The summed E-state index contributed by atoms with van der Waals surface area (Å²) in [5, 5.41) is 3.05. The second kappa shape index (κ2) is 8.85. The Morgan fingerprint density at radius 2 is 1.38 bits per heavy atom. The minimum absolute atomic E-state index is 0.254. The van der Waals surface area contributed by atoms with E-state index in [-0.39, 0.29) is 23.7 Å². The lowest BCUT2D eigenvalue weighted by atomic mass is 9.55. The predicted octanol–water partition coefficient (Wildman–Crippen LogP) is 4.10. The van der Waals surface area contributed by atoms with Gasteiger partial charge in [-0.3, -0.25) is 19.3 Å². The number of nitrogens with one attached hydrogen (secondary N) is 1. The van der Waals surface area contributed by atoms with Crippen LogP contribution in [0.1, 0.15) is 41.0 Å². The van der Waals surface area contributed by atoms with Crippen molar-refractivity contribution in [1.29, 1.82) is 0 Å². The smallest absolute Gasteiger partial charge is 0.329 e. The molecule has 2 bridgehead atoms. The summed E-state index contributed by atoms with van der Waals surface area (Å²) in [6.07, 6.45) is 0. The summed E-state index contributed by atoms with van der Waals surface area (Å²) in [6, 6.07) is 21.3. The first-order chi connectivity index (χ1) is 17.9. The number of hydrogen-bond donors (Lipinski definition) is 1. The molecule has 0 radical (unpaired) electrons. The Bertz CT molecular complexity index is 1350. The maximum Gasteiger partial charge on any atom is 0.329 e. The number of ether oxygens (including phenoxy) is 1. The molecule has 3 amide bonds. The molecule has 1 fully saturated rings. The summed E-state index contributed by atoms with van der Waals surface area (Å²) >= 11 is 5.93. The lowest BCUT2D eigenvalue weighted by Crippen LogP contribution is -2.45. The molecule has 3 atom stereocenters. The van der Waals surface area contributed by atoms with Crippen LogP contribution in [-0.2, 0) is 23.9 Å². The third-order valence-electron chi connectivity index (χ3n) is 7.66. The minimum atomic E-state index is -1.16. The first-order valence-electron chi connectivity index (χ1n) is 12.1. The van der Waals surface area contributed by atoms with Gasteiger partial charge < -0.3 is 10.1 Å². The molecule has 1 heterocycles. The Hall–Kier alpha value is -3.97. The number of esters is 1. The maximum absolute atomic E-state index is 13.7. The van der Waals surface area contributed by atoms with Gasteiger partial charge in [0, 0.05) is 22.5 Å². The lowest BCUT2D eigenvalue weighted by molar-refractivity contribution is -0.159. The number of carbonyl (C=O) groups is 4. The zero-order valence-corrected chi connectivity index (χ0v) is 20.6. The first-order valence-corrected chi connectivity index (χ1v) is 12.5. The molecule has 37 heavy (non-hydrogen) atoms. The highest BCUT2D eigenvalue weighted by atomic mass is 35.5. The number of benzene rings is 3. The largest absolute Gasteiger partial charge is 0.454 e. The quantitative estimate of drug-likeness (QED) is 0.409. The molecule has 0 aromatic heterocycles. The Morgan fingerprint density at radius 1 is 0.865 bits per heavy atom. The van der Waals surface area contributed by atoms with E-state index in [4.69, 9.17) is 16.3 Å². The fourth-order valence-corrected chi connectivity index (χ4v) is 6.40. The summed E-state index contributed by atoms with van der Waals surface area (Å²) in [5.74, 6) is -3.79. The van der Waals surface area contributed by atoms with Crippen molar-refractivity contribution in [3.8, 4) is 0 Å². The van der Waals surface area contributed by atoms with E-state index < -0.39 is 36.4 Å². The van der Waals surface area contributed by atoms with E-state index >= 15 is 0 Å². The van der Waals surface area contributed by atoms with Crippen LogP contribution in [0.25, 0.3) is 0 Å². The normalized spacial score (nSPS) is 23.7. The highest BCUT2D eigenvalue weighted by Crippen LogP contribution is 2.61. The van der Waals surface area contributed by atoms with Gasteiger partial charge in [-0.25, -0.2) is 4.79 Å². The van der Waals surface area contributed by atoms with Crippen molar-refractivity contribution in [3.63, 3.8) is 0 Å². The Kier molecular flexibility index (Phi) is 5.60. The zero-order valence-electron chi connectivity index (χ0n) is 19.9. The van der Waals surface area contributed by atoms with Crippen molar-refractivity contribution in [1.82, 2.24) is 4.90 Å². The van der Waals surface area contributed by atoms with E-state index in [9.17, 15) is 19.2 Å². The molecule has 1 saturated heterocycles. The molecule has 0 spiro atoms. The van der Waals surface area contributed by atoms with E-state index in [0.717, 1.165) is 27.2 Å². The fraction of sp³-hybridized carbons (Fsp3) is 0.241. The van der Waals surface area contributed by atoms with Gasteiger partial charge in [-0.2, -0.15) is 0 Å². The van der Waals surface area contributed by atoms with Crippen molar-refractivity contribution in [2.75, 3.05) is 11.9 Å². The first kappa shape index (κ1) is 23.4. The number of nitrogens with zero attached hydrogens (tertiary/aromatic N) is 1. The van der Waals surface area contributed by atoms with Crippen LogP contribution in [0.4, 0.5) is 5.69 Å². The molecule has 3 aromatic carbocycles. The number of anilines is 1. The van der Waals surface area contributed by atoms with Crippen LogP contribution in [-0.4, -0.2) is 41.2 Å². The molecular formula is C29H23ClN2O5. The van der Waals surface area contributed by atoms with Crippen molar-refractivity contribution in [2.24, 2.45) is 11.8 Å². The SMILES string of the molecule is C[C@H](C(=O)OCC(=O)Nc1cccc(Cl)c1)N1C(=O)[C@@H]2C3c4ccccc4C(c4ccccc43)[C@@H]2C1=O. The second-order valence-corrected chi connectivity index (χ2v) is 10.1. The van der Waals surface area contributed by atoms with Gasteiger partial charge in [0.25, 0.3) is 5.91 Å². The van der Waals surface area contributed by atoms with Crippen molar-refractivity contribution >= 4 is 41.0 Å². The van der Waals surface area contributed by atoms with Crippen LogP contribution < -0.4 is 5.32 Å². The number of hydrogen-bond acceptors (Lipinski definition) is 5. The van der Waals surface area contributed by atoms with Gasteiger partial charge in [-0.15, -0.1) is 0 Å². The summed E-state index contributed by atoms with van der Waals surface area (Å²) in [6.45, 7) is 0.910. The molecule has 4 aliphatic rings. The molecule has 1 N–H and O–H groups in total. The van der Waals surface area contributed by atoms with Crippen LogP contribution in [0.15, 0.2) is 72.8 Å². The fourth-order valence-electron chi connectivity index (χ4n) is 6.21. The Labute approximate surface area is 218 Å². The highest BCUT2D eigenvalue weighted by molar-refractivity contribution is 6.30. The van der Waals surface area contributed by atoms with E-state index in [1.165, 1.54) is 6.92 Å². The topological polar surface area (TPSA) is 92.8 Å². The highest BCUT2D eigenvalue weighted by Gasteiger charge is 2.62. The number of imide groups is 1. The van der Waals surface area contributed by atoms with Gasteiger partial charge in [0.05, 0.1) is 11.8 Å². The van der Waals surface area contributed by atoms with Gasteiger partial charge in [-0.1, -0.05) is 66.2 Å². The van der Waals surface area contributed by atoms with Gasteiger partial charge in [0.2, 0.25) is 11.8 Å². The van der Waals surface area contributed by atoms with E-state index in [2.05, 4.69) is 5.32 Å². The van der Waals surface area contributed by atoms with Crippen LogP contribution in [0.2, 0.25) is 5.02 Å². The Morgan fingerprint density at radius 3 is 1.86 bits per heavy atom. The number of likely N-dealkylation sites (tertiary alicyclic amines) is 1. The Balaban J connectivity index is 1.22. The second-order valence-electron chi connectivity index (χ2n) is 9.65. The maximum atomic E-state index is 13.7. The van der Waals surface area contributed by atoms with Gasteiger partial charge in [-0.05, 0) is 47.4 Å². The van der Waals surface area contributed by atoms with Crippen LogP contribution >= 0.6 is 11.6 Å². The number of halogens is 1. The van der Waals surface area contributed by atoms with Gasteiger partial charge >= 0.3 is 5.97 Å². The van der Waals surface area contributed by atoms with Gasteiger partial charge in [0.15, 0.2) is 6.61 Å². The minimum Gasteiger partial charge on any atom is -0.454 e. The standard InChI is InChI=1S/C29H23ClN2O5/c1-15(29(36)37-14-22(33)31-17-8-6-7-16(30)13-17)32-27(34)25-23-18-9-2-3-10-19(18)24(26(25)28(32)35)21-12-5-4-11-20(21)23/h2-13,15,23-26H,14H2,1H3,(H,31,33)/t15-,23?,24?,25-,26+/m1/s1. The van der Waals surface area contributed by atoms with Crippen molar-refractivity contribution < 1.29 is 23.9 Å². The average Bonchev–Trinajstić information content (AvgIpc) is 3.17. The monoisotopic (exact) mass is 514 g/mol. The van der Waals surface area contributed by atoms with Crippen LogP contribution in [0, 0.1) is 11.8 Å². The molecular weight excluding hydrogens is 492 g/mol.